The van der Waals surface area contributed by atoms with Gasteiger partial charge in [0.1, 0.15) is 11.5 Å². The number of carboxylic acid groups (broad SMARTS) is 1. The molecule has 0 spiro atoms. The Labute approximate surface area is 118 Å². The number of aliphatic carboxylic acids is 1. The number of nitrogens with one attached hydrogen (secondary N) is 1. The van der Waals surface area contributed by atoms with Gasteiger partial charge in [0.25, 0.3) is 5.69 Å². The number of carbonyl (C=O) groups excluding carboxylic acids is 1. The van der Waals surface area contributed by atoms with Crippen LogP contribution >= 0.6 is 0 Å². The third kappa shape index (κ3) is 3.33. The minimum atomic E-state index is -0.956. The van der Waals surface area contributed by atoms with Crippen molar-refractivity contribution in [3.05, 3.63) is 34.1 Å². The van der Waals surface area contributed by atoms with Crippen molar-refractivity contribution in [1.82, 2.24) is 0 Å². The third-order valence-electron chi connectivity index (χ3n) is 3.57. The second-order valence-electron chi connectivity index (χ2n) is 4.95. The zero-order valence-electron chi connectivity index (χ0n) is 10.9. The van der Waals surface area contributed by atoms with Crippen LogP contribution < -0.4 is 5.32 Å². The first-order chi connectivity index (χ1) is 9.88. The Kier molecular flexibility index (Phi) is 4.15. The molecule has 1 fully saturated rings. The molecule has 0 unspecified atom stereocenters. The summed E-state index contributed by atoms with van der Waals surface area (Å²) in [4.78, 5) is 33.0. The molecule has 8 heteroatoms. The number of halogens is 1. The van der Waals surface area contributed by atoms with Crippen LogP contribution in [0.15, 0.2) is 18.2 Å². The highest BCUT2D eigenvalue weighted by atomic mass is 19.1. The molecular formula is C13H13FN2O5. The average Bonchev–Trinajstić information content (AvgIpc) is 2.88. The molecule has 1 aliphatic rings. The molecule has 0 saturated heterocycles. The van der Waals surface area contributed by atoms with Crippen LogP contribution in [-0.2, 0) is 9.59 Å². The van der Waals surface area contributed by atoms with Gasteiger partial charge in [-0.1, -0.05) is 0 Å². The van der Waals surface area contributed by atoms with Crippen LogP contribution in [0, 0.1) is 27.8 Å². The van der Waals surface area contributed by atoms with Crippen molar-refractivity contribution in [2.75, 3.05) is 5.32 Å². The number of nitro benzene ring substituents is 1. The van der Waals surface area contributed by atoms with Gasteiger partial charge in [0, 0.05) is 18.1 Å². The molecule has 1 saturated carbocycles. The van der Waals surface area contributed by atoms with E-state index in [0.717, 1.165) is 18.2 Å². The summed E-state index contributed by atoms with van der Waals surface area (Å²) in [6.45, 7) is 0. The number of rotatable bonds is 4. The van der Waals surface area contributed by atoms with Crippen LogP contribution in [0.25, 0.3) is 0 Å². The number of nitro groups is 1. The molecule has 7 nitrogen and oxygen atoms in total. The lowest BCUT2D eigenvalue weighted by atomic mass is 10.0. The fourth-order valence-electron chi connectivity index (χ4n) is 2.45. The van der Waals surface area contributed by atoms with Gasteiger partial charge in [0.05, 0.1) is 10.8 Å². The lowest BCUT2D eigenvalue weighted by Gasteiger charge is -2.11. The van der Waals surface area contributed by atoms with Gasteiger partial charge in [-0.05, 0) is 25.3 Å². The first-order valence-electron chi connectivity index (χ1n) is 6.36. The standard InChI is InChI=1S/C13H13FN2O5/c14-9-3-4-11(16(20)21)10(6-9)15-12(17)7-1-2-8(5-7)13(18)19/h3-4,6-8H,1-2,5H2,(H,15,17)(H,18,19)/t7-,8+/m1/s1. The molecule has 0 bridgehead atoms. The highest BCUT2D eigenvalue weighted by molar-refractivity contribution is 5.95. The van der Waals surface area contributed by atoms with Gasteiger partial charge in [-0.15, -0.1) is 0 Å². The van der Waals surface area contributed by atoms with Crippen molar-refractivity contribution in [2.45, 2.75) is 19.3 Å². The lowest BCUT2D eigenvalue weighted by Crippen LogP contribution is -2.22. The average molecular weight is 296 g/mol. The van der Waals surface area contributed by atoms with Crippen molar-refractivity contribution < 1.29 is 24.0 Å². The van der Waals surface area contributed by atoms with E-state index in [4.69, 9.17) is 5.11 Å². The second-order valence-corrected chi connectivity index (χ2v) is 4.95. The van der Waals surface area contributed by atoms with Crippen LogP contribution in [0.2, 0.25) is 0 Å². The quantitative estimate of drug-likeness (QED) is 0.653. The summed E-state index contributed by atoms with van der Waals surface area (Å²) < 4.78 is 13.2. The molecule has 2 N–H and O–H groups in total. The fourth-order valence-corrected chi connectivity index (χ4v) is 2.45. The van der Waals surface area contributed by atoms with E-state index in [-0.39, 0.29) is 12.1 Å². The molecule has 1 aliphatic carbocycles. The maximum atomic E-state index is 13.2. The Morgan fingerprint density at radius 2 is 2.00 bits per heavy atom. The number of hydrogen-bond donors (Lipinski definition) is 2. The predicted molar refractivity (Wildman–Crippen MR) is 70.2 cm³/mol. The maximum Gasteiger partial charge on any atom is 0.306 e. The summed E-state index contributed by atoms with van der Waals surface area (Å²) in [7, 11) is 0. The Morgan fingerprint density at radius 3 is 2.57 bits per heavy atom. The van der Waals surface area contributed by atoms with Crippen molar-refractivity contribution in [2.24, 2.45) is 11.8 Å². The molecule has 2 rings (SSSR count). The van der Waals surface area contributed by atoms with E-state index >= 15 is 0 Å². The summed E-state index contributed by atoms with van der Waals surface area (Å²) in [6, 6.07) is 2.78. The third-order valence-corrected chi connectivity index (χ3v) is 3.57. The van der Waals surface area contributed by atoms with Crippen LogP contribution in [0.3, 0.4) is 0 Å². The Morgan fingerprint density at radius 1 is 1.33 bits per heavy atom. The molecule has 0 heterocycles. The van der Waals surface area contributed by atoms with Gasteiger partial charge in [0.15, 0.2) is 0 Å². The molecule has 21 heavy (non-hydrogen) atoms. The number of hydrogen-bond acceptors (Lipinski definition) is 4. The number of carbonyl (C=O) groups is 2. The predicted octanol–water partition coefficient (Wildman–Crippen LogP) is 2.17. The number of carboxylic acids is 1. The molecule has 112 valence electrons. The van der Waals surface area contributed by atoms with Crippen molar-refractivity contribution in [3.63, 3.8) is 0 Å². The summed E-state index contributed by atoms with van der Waals surface area (Å²) in [5, 5.41) is 22.0. The van der Waals surface area contributed by atoms with Gasteiger partial charge in [-0.2, -0.15) is 0 Å². The fraction of sp³-hybridized carbons (Fsp3) is 0.385. The topological polar surface area (TPSA) is 110 Å². The number of anilines is 1. The van der Waals surface area contributed by atoms with E-state index in [2.05, 4.69) is 5.32 Å². The highest BCUT2D eigenvalue weighted by Crippen LogP contribution is 2.33. The SMILES string of the molecule is O=C(O)[C@H]1CC[C@@H](C(=O)Nc2cc(F)ccc2[N+](=O)[O-])C1. The van der Waals surface area contributed by atoms with E-state index < -0.39 is 40.1 Å². The van der Waals surface area contributed by atoms with E-state index in [1.807, 2.05) is 0 Å². The van der Waals surface area contributed by atoms with E-state index in [1.54, 1.807) is 0 Å². The highest BCUT2D eigenvalue weighted by Gasteiger charge is 2.34. The van der Waals surface area contributed by atoms with Crippen LogP contribution in [0.4, 0.5) is 15.8 Å². The van der Waals surface area contributed by atoms with Gasteiger partial charge in [-0.3, -0.25) is 19.7 Å². The Hall–Kier alpha value is -2.51. The molecule has 2 atom stereocenters. The summed E-state index contributed by atoms with van der Waals surface area (Å²) in [5.74, 6) is -3.29. The minimum Gasteiger partial charge on any atom is -0.481 e. The number of benzene rings is 1. The molecule has 0 aromatic heterocycles. The van der Waals surface area contributed by atoms with Crippen LogP contribution in [0.5, 0.6) is 0 Å². The molecule has 0 aliphatic heterocycles. The van der Waals surface area contributed by atoms with Gasteiger partial charge >= 0.3 is 5.97 Å². The number of amides is 1. The Balaban J connectivity index is 2.12. The second kappa shape index (κ2) is 5.86. The summed E-state index contributed by atoms with van der Waals surface area (Å²) >= 11 is 0. The van der Waals surface area contributed by atoms with E-state index in [1.165, 1.54) is 0 Å². The first-order valence-corrected chi connectivity index (χ1v) is 6.36. The van der Waals surface area contributed by atoms with E-state index in [0.29, 0.717) is 12.8 Å². The maximum absolute atomic E-state index is 13.2. The normalized spacial score (nSPS) is 21.0. The molecule has 1 aromatic carbocycles. The van der Waals surface area contributed by atoms with Crippen LogP contribution in [0.1, 0.15) is 19.3 Å². The minimum absolute atomic E-state index is 0.185. The van der Waals surface area contributed by atoms with Gasteiger partial charge < -0.3 is 10.4 Å². The van der Waals surface area contributed by atoms with Crippen molar-refractivity contribution in [1.29, 1.82) is 0 Å². The lowest BCUT2D eigenvalue weighted by molar-refractivity contribution is -0.384. The molecule has 0 radical (unpaired) electrons. The van der Waals surface area contributed by atoms with Crippen molar-refractivity contribution in [3.8, 4) is 0 Å². The van der Waals surface area contributed by atoms with Crippen LogP contribution in [-0.4, -0.2) is 21.9 Å². The molecular weight excluding hydrogens is 283 g/mol. The Bertz CT molecular complexity index is 604. The molecule has 1 aromatic rings. The van der Waals surface area contributed by atoms with Gasteiger partial charge in [0.2, 0.25) is 5.91 Å². The molecule has 1 amide bonds. The zero-order valence-corrected chi connectivity index (χ0v) is 10.9. The largest absolute Gasteiger partial charge is 0.481 e. The first kappa shape index (κ1) is 14.9. The summed E-state index contributed by atoms with van der Waals surface area (Å²) in [6.07, 6.45) is 0.967. The van der Waals surface area contributed by atoms with Gasteiger partial charge in [-0.25, -0.2) is 4.39 Å². The summed E-state index contributed by atoms with van der Waals surface area (Å²) in [5.41, 5.74) is -0.624. The monoisotopic (exact) mass is 296 g/mol. The van der Waals surface area contributed by atoms with E-state index in [9.17, 15) is 24.1 Å². The smallest absolute Gasteiger partial charge is 0.306 e. The van der Waals surface area contributed by atoms with Crippen molar-refractivity contribution >= 4 is 23.3 Å². The zero-order chi connectivity index (χ0) is 15.6. The number of nitrogens with zero attached hydrogens (tertiary/aromatic N) is 1.